The second-order valence-corrected chi connectivity index (χ2v) is 6.04. The van der Waals surface area contributed by atoms with Gasteiger partial charge in [-0.05, 0) is 26.2 Å². The number of fused-ring (bicyclic) bond motifs is 2. The van der Waals surface area contributed by atoms with E-state index in [1.54, 1.807) is 6.92 Å². The average Bonchev–Trinajstić information content (AvgIpc) is 2.27. The van der Waals surface area contributed by atoms with Crippen LogP contribution >= 0.6 is 0 Å². The maximum Gasteiger partial charge on any atom is 0.159 e. The maximum absolute atomic E-state index is 12.6. The smallest absolute Gasteiger partial charge is 0.159 e. The summed E-state index contributed by atoms with van der Waals surface area (Å²) in [6.07, 6.45) is 2.91. The average molecular weight is 236 g/mol. The second kappa shape index (κ2) is 3.76. The van der Waals surface area contributed by atoms with E-state index in [-0.39, 0.29) is 23.3 Å². The van der Waals surface area contributed by atoms with E-state index >= 15 is 0 Å². The number of carbonyl (C=O) groups is 3. The van der Waals surface area contributed by atoms with Crippen LogP contribution in [0.25, 0.3) is 0 Å². The summed E-state index contributed by atoms with van der Waals surface area (Å²) in [6.45, 7) is 5.41. The molecule has 3 nitrogen and oxygen atoms in total. The number of rotatable bonds is 2. The Hall–Kier alpha value is -0.990. The van der Waals surface area contributed by atoms with Gasteiger partial charge in [-0.3, -0.25) is 14.4 Å². The molecular weight excluding hydrogens is 216 g/mol. The lowest BCUT2D eigenvalue weighted by molar-refractivity contribution is -0.162. The monoisotopic (exact) mass is 236 g/mol. The molecule has 2 aliphatic carbocycles. The molecule has 0 saturated heterocycles. The standard InChI is InChI=1S/C14H20O3/c1-9(2)11(16)14-7-4-6-13(3,12(14)17)10(15)5-8-14/h9H,4-8H2,1-3H3. The molecule has 2 atom stereocenters. The number of ketones is 3. The molecular formula is C14H20O3. The van der Waals surface area contributed by atoms with Crippen LogP contribution in [0.4, 0.5) is 0 Å². The lowest BCUT2D eigenvalue weighted by atomic mass is 9.52. The van der Waals surface area contributed by atoms with Crippen LogP contribution in [-0.4, -0.2) is 17.3 Å². The van der Waals surface area contributed by atoms with Gasteiger partial charge in [-0.1, -0.05) is 20.3 Å². The van der Waals surface area contributed by atoms with Gasteiger partial charge in [0, 0.05) is 12.3 Å². The van der Waals surface area contributed by atoms with Gasteiger partial charge in [0.1, 0.15) is 11.6 Å². The zero-order valence-electron chi connectivity index (χ0n) is 10.8. The highest BCUT2D eigenvalue weighted by molar-refractivity contribution is 6.20. The molecule has 0 radical (unpaired) electrons. The fourth-order valence-electron chi connectivity index (χ4n) is 3.52. The normalized spacial score (nSPS) is 37.4. The molecule has 0 amide bonds. The van der Waals surface area contributed by atoms with Crippen LogP contribution in [0.2, 0.25) is 0 Å². The summed E-state index contributed by atoms with van der Waals surface area (Å²) < 4.78 is 0. The summed E-state index contributed by atoms with van der Waals surface area (Å²) in [6, 6.07) is 0. The third-order valence-electron chi connectivity index (χ3n) is 4.61. The minimum absolute atomic E-state index is 0.0365. The first-order chi connectivity index (χ1) is 7.84. The third-order valence-corrected chi connectivity index (χ3v) is 4.61. The van der Waals surface area contributed by atoms with E-state index in [2.05, 4.69) is 0 Å². The predicted octanol–water partition coefficient (Wildman–Crippen LogP) is 2.32. The number of Topliss-reactive ketones (excluding diaryl/α,β-unsaturated/α-hetero) is 3. The van der Waals surface area contributed by atoms with Crippen molar-refractivity contribution in [2.24, 2.45) is 16.7 Å². The maximum atomic E-state index is 12.6. The Kier molecular flexibility index (Phi) is 2.75. The Morgan fingerprint density at radius 2 is 1.82 bits per heavy atom. The van der Waals surface area contributed by atoms with Gasteiger partial charge in [-0.2, -0.15) is 0 Å². The van der Waals surface area contributed by atoms with E-state index in [1.807, 2.05) is 13.8 Å². The molecule has 17 heavy (non-hydrogen) atoms. The van der Waals surface area contributed by atoms with Crippen molar-refractivity contribution < 1.29 is 14.4 Å². The van der Waals surface area contributed by atoms with Crippen LogP contribution in [0, 0.1) is 16.7 Å². The Morgan fingerprint density at radius 3 is 2.41 bits per heavy atom. The fraction of sp³-hybridized carbons (Fsp3) is 0.786. The van der Waals surface area contributed by atoms with E-state index in [0.717, 1.165) is 6.42 Å². The van der Waals surface area contributed by atoms with E-state index in [9.17, 15) is 14.4 Å². The molecule has 2 unspecified atom stereocenters. The van der Waals surface area contributed by atoms with Crippen LogP contribution in [0.1, 0.15) is 52.9 Å². The van der Waals surface area contributed by atoms with Gasteiger partial charge in [-0.25, -0.2) is 0 Å². The lowest BCUT2D eigenvalue weighted by Crippen LogP contribution is -2.58. The van der Waals surface area contributed by atoms with Gasteiger partial charge in [0.15, 0.2) is 5.78 Å². The summed E-state index contributed by atoms with van der Waals surface area (Å²) in [5, 5.41) is 0. The zero-order chi connectivity index (χ0) is 12.8. The molecule has 0 aromatic heterocycles. The van der Waals surface area contributed by atoms with Crippen molar-refractivity contribution in [1.82, 2.24) is 0 Å². The zero-order valence-corrected chi connectivity index (χ0v) is 10.8. The highest BCUT2D eigenvalue weighted by Gasteiger charge is 2.60. The first kappa shape index (κ1) is 12.5. The van der Waals surface area contributed by atoms with Crippen molar-refractivity contribution >= 4 is 17.3 Å². The fourth-order valence-corrected chi connectivity index (χ4v) is 3.52. The first-order valence-corrected chi connectivity index (χ1v) is 6.47. The molecule has 94 valence electrons. The summed E-state index contributed by atoms with van der Waals surface area (Å²) >= 11 is 0. The highest BCUT2D eigenvalue weighted by Crippen LogP contribution is 2.52. The van der Waals surface area contributed by atoms with Crippen molar-refractivity contribution in [3.05, 3.63) is 0 Å². The highest BCUT2D eigenvalue weighted by atomic mass is 16.2. The third kappa shape index (κ3) is 1.51. The summed E-state index contributed by atoms with van der Waals surface area (Å²) in [5.74, 6) is -0.143. The van der Waals surface area contributed by atoms with Gasteiger partial charge in [0.25, 0.3) is 0 Å². The Bertz CT molecular complexity index is 396. The van der Waals surface area contributed by atoms with Gasteiger partial charge >= 0.3 is 0 Å². The van der Waals surface area contributed by atoms with Gasteiger partial charge in [-0.15, -0.1) is 0 Å². The SMILES string of the molecule is CC(C)C(=O)C12CCCC(C)(C(=O)CC1)C2=O. The molecule has 0 aliphatic heterocycles. The van der Waals surface area contributed by atoms with Crippen molar-refractivity contribution in [2.45, 2.75) is 52.9 Å². The van der Waals surface area contributed by atoms with Crippen LogP contribution in [0.3, 0.4) is 0 Å². The molecule has 2 aliphatic rings. The van der Waals surface area contributed by atoms with E-state index < -0.39 is 10.8 Å². The number of hydrogen-bond donors (Lipinski definition) is 0. The van der Waals surface area contributed by atoms with Gasteiger partial charge in [0.2, 0.25) is 0 Å². The molecule has 2 fully saturated rings. The van der Waals surface area contributed by atoms with Crippen molar-refractivity contribution in [3.8, 4) is 0 Å². The molecule has 3 heteroatoms. The van der Waals surface area contributed by atoms with E-state index in [1.165, 1.54) is 0 Å². The van der Waals surface area contributed by atoms with Crippen LogP contribution in [-0.2, 0) is 14.4 Å². The van der Waals surface area contributed by atoms with Crippen molar-refractivity contribution in [3.63, 3.8) is 0 Å². The Labute approximate surface area is 102 Å². The summed E-state index contributed by atoms with van der Waals surface area (Å²) in [5.41, 5.74) is -1.71. The van der Waals surface area contributed by atoms with E-state index in [0.29, 0.717) is 25.7 Å². The lowest BCUT2D eigenvalue weighted by Gasteiger charge is -2.47. The summed E-state index contributed by atoms with van der Waals surface area (Å²) in [7, 11) is 0. The summed E-state index contributed by atoms with van der Waals surface area (Å²) in [4.78, 5) is 36.9. The minimum Gasteiger partial charge on any atom is -0.299 e. The molecule has 0 N–H and O–H groups in total. The molecule has 0 aromatic rings. The second-order valence-electron chi connectivity index (χ2n) is 6.04. The van der Waals surface area contributed by atoms with Gasteiger partial charge < -0.3 is 0 Å². The Morgan fingerprint density at radius 1 is 1.18 bits per heavy atom. The minimum atomic E-state index is -0.874. The predicted molar refractivity (Wildman–Crippen MR) is 63.5 cm³/mol. The van der Waals surface area contributed by atoms with E-state index in [4.69, 9.17) is 0 Å². The van der Waals surface area contributed by atoms with Crippen LogP contribution in [0.5, 0.6) is 0 Å². The van der Waals surface area contributed by atoms with Crippen molar-refractivity contribution in [2.75, 3.05) is 0 Å². The topological polar surface area (TPSA) is 51.2 Å². The van der Waals surface area contributed by atoms with Crippen molar-refractivity contribution in [1.29, 1.82) is 0 Å². The quantitative estimate of drug-likeness (QED) is 0.691. The van der Waals surface area contributed by atoms with Crippen LogP contribution < -0.4 is 0 Å². The number of carbonyl (C=O) groups excluding carboxylic acids is 3. The number of hydrogen-bond acceptors (Lipinski definition) is 3. The molecule has 2 rings (SSSR count). The largest absolute Gasteiger partial charge is 0.299 e. The molecule has 2 saturated carbocycles. The molecule has 0 heterocycles. The molecule has 0 aromatic carbocycles. The molecule has 2 bridgehead atoms. The molecule has 0 spiro atoms. The first-order valence-electron chi connectivity index (χ1n) is 6.47. The van der Waals surface area contributed by atoms with Crippen LogP contribution in [0.15, 0.2) is 0 Å². The van der Waals surface area contributed by atoms with Gasteiger partial charge in [0.05, 0.1) is 10.8 Å². The Balaban J connectivity index is 2.45.